The molecule has 0 atom stereocenters. The van der Waals surface area contributed by atoms with Gasteiger partial charge in [-0.3, -0.25) is 4.98 Å². The fourth-order valence-corrected chi connectivity index (χ4v) is 1.26. The Labute approximate surface area is 98.4 Å². The van der Waals surface area contributed by atoms with Crippen LogP contribution in [-0.4, -0.2) is 37.1 Å². The van der Waals surface area contributed by atoms with E-state index in [2.05, 4.69) is 30.7 Å². The first-order valence-electron chi connectivity index (χ1n) is 5.63. The first-order valence-corrected chi connectivity index (χ1v) is 5.63. The molecule has 0 fully saturated rings. The lowest BCUT2D eigenvalue weighted by atomic mass is 9.92. The average Bonchev–Trinajstić information content (AvgIpc) is 2.16. The van der Waals surface area contributed by atoms with Gasteiger partial charge in [0.05, 0.1) is 6.20 Å². The van der Waals surface area contributed by atoms with Gasteiger partial charge in [-0.05, 0) is 26.2 Å². The molecule has 1 heterocycles. The Bertz CT molecular complexity index is 312. The maximum atomic E-state index is 5.58. The van der Waals surface area contributed by atoms with Gasteiger partial charge in [-0.25, -0.2) is 0 Å². The fraction of sp³-hybridized carbons (Fsp3) is 0.615. The summed E-state index contributed by atoms with van der Waals surface area (Å²) >= 11 is 0. The van der Waals surface area contributed by atoms with E-state index in [1.165, 1.54) is 0 Å². The van der Waals surface area contributed by atoms with Crippen LogP contribution >= 0.6 is 0 Å². The van der Waals surface area contributed by atoms with Crippen molar-refractivity contribution < 1.29 is 4.74 Å². The Hall–Kier alpha value is -1.09. The van der Waals surface area contributed by atoms with Crippen LogP contribution in [0.25, 0.3) is 0 Å². The van der Waals surface area contributed by atoms with E-state index in [0.717, 1.165) is 18.0 Å². The van der Waals surface area contributed by atoms with Crippen LogP contribution in [0.2, 0.25) is 0 Å². The van der Waals surface area contributed by atoms with E-state index in [-0.39, 0.29) is 5.41 Å². The van der Waals surface area contributed by atoms with Gasteiger partial charge in [0.2, 0.25) is 0 Å². The van der Waals surface area contributed by atoms with Crippen molar-refractivity contribution in [2.24, 2.45) is 0 Å². The Balaban J connectivity index is 2.52. The highest BCUT2D eigenvalue weighted by Crippen LogP contribution is 2.21. The standard InChI is InChI=1S/C13H22N2O/c1-13(2,3)12-7-6-11(10-14-12)16-9-8-15(4)5/h6-7,10H,8-9H2,1-5H3. The summed E-state index contributed by atoms with van der Waals surface area (Å²) in [5, 5.41) is 0. The molecule has 90 valence electrons. The minimum atomic E-state index is 0.0994. The van der Waals surface area contributed by atoms with Crippen LogP contribution in [-0.2, 0) is 5.41 Å². The third kappa shape index (κ3) is 4.19. The lowest BCUT2D eigenvalue weighted by Crippen LogP contribution is -2.19. The second-order valence-corrected chi connectivity index (χ2v) is 5.28. The summed E-state index contributed by atoms with van der Waals surface area (Å²) in [5.41, 5.74) is 1.19. The van der Waals surface area contributed by atoms with Gasteiger partial charge in [0.1, 0.15) is 12.4 Å². The Morgan fingerprint density at radius 3 is 2.38 bits per heavy atom. The molecule has 0 unspecified atom stereocenters. The monoisotopic (exact) mass is 222 g/mol. The number of ether oxygens (including phenoxy) is 1. The molecule has 0 bridgehead atoms. The van der Waals surface area contributed by atoms with Gasteiger partial charge in [0.15, 0.2) is 0 Å². The Morgan fingerprint density at radius 2 is 1.94 bits per heavy atom. The highest BCUT2D eigenvalue weighted by atomic mass is 16.5. The normalized spacial score (nSPS) is 11.9. The van der Waals surface area contributed by atoms with Crippen LogP contribution in [0.15, 0.2) is 18.3 Å². The molecular weight excluding hydrogens is 200 g/mol. The highest BCUT2D eigenvalue weighted by Gasteiger charge is 2.14. The highest BCUT2D eigenvalue weighted by molar-refractivity contribution is 5.23. The average molecular weight is 222 g/mol. The predicted octanol–water partition coefficient (Wildman–Crippen LogP) is 2.32. The van der Waals surface area contributed by atoms with Crippen molar-refractivity contribution in [3.63, 3.8) is 0 Å². The van der Waals surface area contributed by atoms with E-state index in [4.69, 9.17) is 4.74 Å². The summed E-state index contributed by atoms with van der Waals surface area (Å²) < 4.78 is 5.58. The molecule has 0 saturated carbocycles. The molecule has 0 aromatic carbocycles. The first kappa shape index (κ1) is 13.0. The van der Waals surface area contributed by atoms with Crippen LogP contribution in [0.5, 0.6) is 5.75 Å². The molecule has 0 spiro atoms. The molecule has 0 amide bonds. The summed E-state index contributed by atoms with van der Waals surface area (Å²) in [7, 11) is 4.06. The van der Waals surface area contributed by atoms with Crippen LogP contribution in [0.3, 0.4) is 0 Å². The van der Waals surface area contributed by atoms with Crippen LogP contribution in [0.4, 0.5) is 0 Å². The molecule has 0 radical (unpaired) electrons. The van der Waals surface area contributed by atoms with Crippen LogP contribution < -0.4 is 4.74 Å². The number of hydrogen-bond acceptors (Lipinski definition) is 3. The smallest absolute Gasteiger partial charge is 0.137 e. The maximum absolute atomic E-state index is 5.58. The lowest BCUT2D eigenvalue weighted by Gasteiger charge is -2.17. The van der Waals surface area contributed by atoms with Crippen LogP contribution in [0, 0.1) is 0 Å². The number of rotatable bonds is 4. The molecule has 3 heteroatoms. The summed E-state index contributed by atoms with van der Waals surface area (Å²) in [5.74, 6) is 0.842. The second-order valence-electron chi connectivity index (χ2n) is 5.28. The number of hydrogen-bond donors (Lipinski definition) is 0. The number of likely N-dealkylation sites (N-methyl/N-ethyl adjacent to an activating group) is 1. The van der Waals surface area contributed by atoms with Crippen molar-refractivity contribution >= 4 is 0 Å². The van der Waals surface area contributed by atoms with E-state index in [9.17, 15) is 0 Å². The molecular formula is C13H22N2O. The molecule has 1 rings (SSSR count). The van der Waals surface area contributed by atoms with Gasteiger partial charge in [0, 0.05) is 17.7 Å². The van der Waals surface area contributed by atoms with Crippen molar-refractivity contribution in [2.45, 2.75) is 26.2 Å². The molecule has 0 aliphatic carbocycles. The van der Waals surface area contributed by atoms with E-state index < -0.39 is 0 Å². The van der Waals surface area contributed by atoms with Crippen LogP contribution in [0.1, 0.15) is 26.5 Å². The SMILES string of the molecule is CN(C)CCOc1ccc(C(C)(C)C)nc1. The summed E-state index contributed by atoms with van der Waals surface area (Å²) in [6.45, 7) is 8.08. The zero-order valence-electron chi connectivity index (χ0n) is 10.9. The van der Waals surface area contributed by atoms with E-state index >= 15 is 0 Å². The molecule has 0 aliphatic rings. The van der Waals surface area contributed by atoms with E-state index in [1.807, 2.05) is 26.2 Å². The van der Waals surface area contributed by atoms with E-state index in [0.29, 0.717) is 6.61 Å². The zero-order valence-corrected chi connectivity index (χ0v) is 10.9. The molecule has 0 saturated heterocycles. The first-order chi connectivity index (χ1) is 7.39. The molecule has 3 nitrogen and oxygen atoms in total. The van der Waals surface area contributed by atoms with Gasteiger partial charge in [-0.1, -0.05) is 20.8 Å². The fourth-order valence-electron chi connectivity index (χ4n) is 1.26. The molecule has 16 heavy (non-hydrogen) atoms. The Kier molecular flexibility index (Phi) is 4.30. The third-order valence-corrected chi connectivity index (χ3v) is 2.31. The van der Waals surface area contributed by atoms with Crippen molar-refractivity contribution in [3.8, 4) is 5.75 Å². The zero-order chi connectivity index (χ0) is 12.2. The minimum Gasteiger partial charge on any atom is -0.491 e. The van der Waals surface area contributed by atoms with Gasteiger partial charge in [-0.2, -0.15) is 0 Å². The lowest BCUT2D eigenvalue weighted by molar-refractivity contribution is 0.260. The minimum absolute atomic E-state index is 0.0994. The summed E-state index contributed by atoms with van der Waals surface area (Å²) in [6, 6.07) is 4.02. The molecule has 0 N–H and O–H groups in total. The van der Waals surface area contributed by atoms with Crippen molar-refractivity contribution in [1.29, 1.82) is 0 Å². The second kappa shape index (κ2) is 5.30. The van der Waals surface area contributed by atoms with Gasteiger partial charge >= 0.3 is 0 Å². The number of pyridine rings is 1. The van der Waals surface area contributed by atoms with Gasteiger partial charge < -0.3 is 9.64 Å². The van der Waals surface area contributed by atoms with Crippen molar-refractivity contribution in [2.75, 3.05) is 27.2 Å². The van der Waals surface area contributed by atoms with Crippen molar-refractivity contribution in [1.82, 2.24) is 9.88 Å². The molecule has 0 aliphatic heterocycles. The van der Waals surface area contributed by atoms with E-state index in [1.54, 1.807) is 6.20 Å². The van der Waals surface area contributed by atoms with Gasteiger partial charge in [0.25, 0.3) is 0 Å². The topological polar surface area (TPSA) is 25.4 Å². The quantitative estimate of drug-likeness (QED) is 0.781. The summed E-state index contributed by atoms with van der Waals surface area (Å²) in [4.78, 5) is 6.50. The number of nitrogens with zero attached hydrogens (tertiary/aromatic N) is 2. The molecule has 1 aromatic rings. The predicted molar refractivity (Wildman–Crippen MR) is 67.0 cm³/mol. The maximum Gasteiger partial charge on any atom is 0.137 e. The number of aromatic nitrogens is 1. The Morgan fingerprint density at radius 1 is 1.25 bits per heavy atom. The van der Waals surface area contributed by atoms with Crippen molar-refractivity contribution in [3.05, 3.63) is 24.0 Å². The third-order valence-electron chi connectivity index (χ3n) is 2.31. The molecule has 1 aromatic heterocycles. The summed E-state index contributed by atoms with van der Waals surface area (Å²) in [6.07, 6.45) is 1.80. The van der Waals surface area contributed by atoms with Gasteiger partial charge in [-0.15, -0.1) is 0 Å². The largest absolute Gasteiger partial charge is 0.491 e.